The number of β-amino-alcohol motifs (C(OH)–C–C–N with tert-alkyl or cyclic N) is 1. The van der Waals surface area contributed by atoms with Crippen molar-refractivity contribution in [1.82, 2.24) is 20.0 Å². The molecule has 2 aliphatic rings. The zero-order valence-electron chi connectivity index (χ0n) is 20.1. The van der Waals surface area contributed by atoms with Gasteiger partial charge in [0, 0.05) is 71.3 Å². The first-order valence-electron chi connectivity index (χ1n) is 12.1. The maximum atomic E-state index is 12.6. The molecule has 1 unspecified atom stereocenters. The molecule has 2 fully saturated rings. The number of hydrogen-bond donors (Lipinski definition) is 2. The van der Waals surface area contributed by atoms with E-state index in [1.165, 1.54) is 13.0 Å². The molecule has 3 rings (SSSR count). The Morgan fingerprint density at radius 2 is 1.89 bits per heavy atom. The van der Waals surface area contributed by atoms with Gasteiger partial charge in [0.2, 0.25) is 17.7 Å². The molecule has 2 N–H and O–H groups in total. The molecule has 0 spiro atoms. The SMILES string of the molecule is CC(=O)NC1CCN(CC(O)CCN2CCN(C(=O)/C=C/c3ccc(Cl)c(Cl)c3)CCC2=O)CC1. The van der Waals surface area contributed by atoms with E-state index in [0.29, 0.717) is 49.2 Å². The molecular formula is C25H34Cl2N4O4. The zero-order valence-corrected chi connectivity index (χ0v) is 21.6. The highest BCUT2D eigenvalue weighted by molar-refractivity contribution is 6.42. The number of aliphatic hydroxyl groups is 1. The minimum atomic E-state index is -0.532. The van der Waals surface area contributed by atoms with Crippen LogP contribution in [0.15, 0.2) is 24.3 Å². The Hall–Kier alpha value is -2.13. The van der Waals surface area contributed by atoms with Gasteiger partial charge in [-0.2, -0.15) is 0 Å². The number of likely N-dealkylation sites (tertiary alicyclic amines) is 1. The van der Waals surface area contributed by atoms with Crippen molar-refractivity contribution < 1.29 is 19.5 Å². The predicted molar refractivity (Wildman–Crippen MR) is 137 cm³/mol. The van der Waals surface area contributed by atoms with Gasteiger partial charge in [0.05, 0.1) is 16.1 Å². The first-order valence-corrected chi connectivity index (χ1v) is 12.8. The summed E-state index contributed by atoms with van der Waals surface area (Å²) in [5, 5.41) is 14.3. The first kappa shape index (κ1) is 27.5. The second-order valence-electron chi connectivity index (χ2n) is 9.18. The van der Waals surface area contributed by atoms with Crippen LogP contribution < -0.4 is 5.32 Å². The lowest BCUT2D eigenvalue weighted by Gasteiger charge is -2.33. The van der Waals surface area contributed by atoms with Crippen LogP contribution >= 0.6 is 23.2 Å². The van der Waals surface area contributed by atoms with Crippen molar-refractivity contribution >= 4 is 47.0 Å². The second-order valence-corrected chi connectivity index (χ2v) is 10.00. The molecule has 1 aromatic carbocycles. The Kier molecular flexibility index (Phi) is 10.4. The van der Waals surface area contributed by atoms with Crippen LogP contribution in [0, 0.1) is 0 Å². The fourth-order valence-electron chi connectivity index (χ4n) is 4.45. The topological polar surface area (TPSA) is 93.2 Å². The number of amides is 3. The van der Waals surface area contributed by atoms with Gasteiger partial charge < -0.3 is 25.1 Å². The molecule has 1 aromatic rings. The Morgan fingerprint density at radius 3 is 2.57 bits per heavy atom. The van der Waals surface area contributed by atoms with Gasteiger partial charge in [-0.25, -0.2) is 0 Å². The minimum absolute atomic E-state index is 0.00270. The number of benzene rings is 1. The number of rotatable bonds is 8. The summed E-state index contributed by atoms with van der Waals surface area (Å²) < 4.78 is 0. The minimum Gasteiger partial charge on any atom is -0.392 e. The van der Waals surface area contributed by atoms with Gasteiger partial charge in [0.15, 0.2) is 0 Å². The van der Waals surface area contributed by atoms with Crippen LogP contribution in [-0.4, -0.2) is 95.5 Å². The van der Waals surface area contributed by atoms with Crippen molar-refractivity contribution in [3.05, 3.63) is 39.9 Å². The predicted octanol–water partition coefficient (Wildman–Crippen LogP) is 2.42. The maximum Gasteiger partial charge on any atom is 0.246 e. The molecule has 0 radical (unpaired) electrons. The van der Waals surface area contributed by atoms with Gasteiger partial charge >= 0.3 is 0 Å². The summed E-state index contributed by atoms with van der Waals surface area (Å²) in [5.74, 6) is -0.168. The number of hydrogen-bond acceptors (Lipinski definition) is 5. The van der Waals surface area contributed by atoms with Gasteiger partial charge in [-0.3, -0.25) is 14.4 Å². The van der Waals surface area contributed by atoms with Gasteiger partial charge in [-0.05, 0) is 43.0 Å². The number of piperidine rings is 1. The van der Waals surface area contributed by atoms with E-state index in [1.54, 1.807) is 34.1 Å². The monoisotopic (exact) mass is 524 g/mol. The summed E-state index contributed by atoms with van der Waals surface area (Å²) in [7, 11) is 0. The molecule has 0 aromatic heterocycles. The highest BCUT2D eigenvalue weighted by Crippen LogP contribution is 2.23. The van der Waals surface area contributed by atoms with E-state index >= 15 is 0 Å². The largest absolute Gasteiger partial charge is 0.392 e. The summed E-state index contributed by atoms with van der Waals surface area (Å²) in [6, 6.07) is 5.36. The van der Waals surface area contributed by atoms with Crippen LogP contribution in [0.4, 0.5) is 0 Å². The van der Waals surface area contributed by atoms with Crippen LogP contribution in [0.5, 0.6) is 0 Å². The van der Waals surface area contributed by atoms with Crippen LogP contribution in [0.3, 0.4) is 0 Å². The van der Waals surface area contributed by atoms with Gasteiger partial charge in [-0.1, -0.05) is 29.3 Å². The van der Waals surface area contributed by atoms with Gasteiger partial charge in [0.25, 0.3) is 0 Å². The number of aliphatic hydroxyl groups excluding tert-OH is 1. The molecule has 35 heavy (non-hydrogen) atoms. The molecular weight excluding hydrogens is 491 g/mol. The van der Waals surface area contributed by atoms with Crippen LogP contribution in [0.2, 0.25) is 10.0 Å². The molecule has 0 bridgehead atoms. The average Bonchev–Trinajstić information content (AvgIpc) is 3.00. The van der Waals surface area contributed by atoms with Crippen molar-refractivity contribution in [2.24, 2.45) is 0 Å². The molecule has 2 saturated heterocycles. The lowest BCUT2D eigenvalue weighted by atomic mass is 10.0. The number of carbonyl (C=O) groups excluding carboxylic acids is 3. The summed E-state index contributed by atoms with van der Waals surface area (Å²) in [4.78, 5) is 42.0. The van der Waals surface area contributed by atoms with Crippen LogP contribution in [0.25, 0.3) is 6.08 Å². The maximum absolute atomic E-state index is 12.6. The molecule has 2 aliphatic heterocycles. The average molecular weight is 525 g/mol. The fraction of sp³-hybridized carbons (Fsp3) is 0.560. The van der Waals surface area contributed by atoms with E-state index < -0.39 is 6.10 Å². The van der Waals surface area contributed by atoms with Gasteiger partial charge in [-0.15, -0.1) is 0 Å². The Morgan fingerprint density at radius 1 is 1.14 bits per heavy atom. The third-order valence-electron chi connectivity index (χ3n) is 6.46. The van der Waals surface area contributed by atoms with Crippen molar-refractivity contribution in [3.8, 4) is 0 Å². The Balaban J connectivity index is 1.41. The van der Waals surface area contributed by atoms with E-state index in [-0.39, 0.29) is 30.2 Å². The number of halogens is 2. The summed E-state index contributed by atoms with van der Waals surface area (Å²) >= 11 is 11.9. The summed E-state index contributed by atoms with van der Waals surface area (Å²) in [5.41, 5.74) is 0.772. The van der Waals surface area contributed by atoms with E-state index in [4.69, 9.17) is 23.2 Å². The third-order valence-corrected chi connectivity index (χ3v) is 7.20. The van der Waals surface area contributed by atoms with E-state index in [9.17, 15) is 19.5 Å². The second kappa shape index (κ2) is 13.3. The molecule has 2 heterocycles. The normalized spacial score (nSPS) is 19.1. The molecule has 192 valence electrons. The smallest absolute Gasteiger partial charge is 0.246 e. The van der Waals surface area contributed by atoms with E-state index in [2.05, 4.69) is 10.2 Å². The molecule has 8 nitrogen and oxygen atoms in total. The highest BCUT2D eigenvalue weighted by atomic mass is 35.5. The van der Waals surface area contributed by atoms with Crippen molar-refractivity contribution in [2.45, 2.75) is 44.8 Å². The Bertz CT molecular complexity index is 934. The first-order chi connectivity index (χ1) is 16.7. The quantitative estimate of drug-likeness (QED) is 0.509. The molecule has 0 aliphatic carbocycles. The lowest BCUT2D eigenvalue weighted by Crippen LogP contribution is -2.46. The lowest BCUT2D eigenvalue weighted by molar-refractivity contribution is -0.130. The number of carbonyl (C=O) groups is 3. The standard InChI is InChI=1S/C25H34Cl2N4O4/c1-18(32)28-20-6-10-29(11-7-20)17-21(33)8-12-30-14-15-31(13-9-25(30)35)24(34)5-3-19-2-4-22(26)23(27)16-19/h2-5,16,20-21,33H,6-15,17H2,1H3,(H,28,32)/b5-3+. The van der Waals surface area contributed by atoms with E-state index in [0.717, 1.165) is 31.5 Å². The number of nitrogens with zero attached hydrogens (tertiary/aromatic N) is 3. The van der Waals surface area contributed by atoms with Crippen LogP contribution in [-0.2, 0) is 14.4 Å². The highest BCUT2D eigenvalue weighted by Gasteiger charge is 2.25. The summed E-state index contributed by atoms with van der Waals surface area (Å²) in [6.07, 6.45) is 5.14. The molecule has 10 heteroatoms. The van der Waals surface area contributed by atoms with Crippen molar-refractivity contribution in [1.29, 1.82) is 0 Å². The molecule has 3 amide bonds. The van der Waals surface area contributed by atoms with Crippen molar-refractivity contribution in [3.63, 3.8) is 0 Å². The Labute approximate surface area is 216 Å². The van der Waals surface area contributed by atoms with Gasteiger partial charge in [0.1, 0.15) is 0 Å². The van der Waals surface area contributed by atoms with Crippen LogP contribution in [0.1, 0.15) is 38.2 Å². The summed E-state index contributed by atoms with van der Waals surface area (Å²) in [6.45, 7) is 5.47. The fourth-order valence-corrected chi connectivity index (χ4v) is 4.76. The zero-order chi connectivity index (χ0) is 25.4. The van der Waals surface area contributed by atoms with Crippen molar-refractivity contribution in [2.75, 3.05) is 45.8 Å². The molecule has 0 saturated carbocycles. The van der Waals surface area contributed by atoms with E-state index in [1.807, 2.05) is 0 Å². The number of nitrogens with one attached hydrogen (secondary N) is 1. The molecule has 1 atom stereocenters. The third kappa shape index (κ3) is 8.79.